The van der Waals surface area contributed by atoms with Gasteiger partial charge in [0.2, 0.25) is 0 Å². The number of nitrogens with zero attached hydrogens (tertiary/aromatic N) is 1. The molecule has 0 amide bonds. The second-order valence-electron chi connectivity index (χ2n) is 6.70. The van der Waals surface area contributed by atoms with E-state index in [1.807, 2.05) is 81.4 Å². The van der Waals surface area contributed by atoms with Crippen LogP contribution in [0.5, 0.6) is 0 Å². The molecule has 0 aliphatic carbocycles. The molecule has 0 saturated heterocycles. The molecule has 2 atom stereocenters. The summed E-state index contributed by atoms with van der Waals surface area (Å²) in [6.45, 7) is 5.89. The second kappa shape index (κ2) is 10.4. The molecule has 4 nitrogen and oxygen atoms in total. The van der Waals surface area contributed by atoms with Crippen molar-refractivity contribution in [2.24, 2.45) is 11.7 Å². The lowest BCUT2D eigenvalue weighted by Gasteiger charge is -2.30. The van der Waals surface area contributed by atoms with E-state index < -0.39 is 11.4 Å². The van der Waals surface area contributed by atoms with Crippen molar-refractivity contribution in [3.05, 3.63) is 71.8 Å². The third-order valence-corrected chi connectivity index (χ3v) is 4.53. The first-order valence-corrected chi connectivity index (χ1v) is 8.82. The molecule has 0 radical (unpaired) electrons. The second-order valence-corrected chi connectivity index (χ2v) is 6.70. The Morgan fingerprint density at radius 3 is 1.92 bits per heavy atom. The van der Waals surface area contributed by atoms with Crippen LogP contribution in [0, 0.1) is 17.2 Å². The van der Waals surface area contributed by atoms with Crippen LogP contribution in [-0.4, -0.2) is 11.1 Å². The Labute approximate surface area is 156 Å². The molecule has 0 spiro atoms. The van der Waals surface area contributed by atoms with E-state index >= 15 is 0 Å². The Hall–Kier alpha value is -2.64. The first kappa shape index (κ1) is 21.4. The van der Waals surface area contributed by atoms with Crippen molar-refractivity contribution in [2.75, 3.05) is 0 Å². The minimum atomic E-state index is -0.860. The van der Waals surface area contributed by atoms with Gasteiger partial charge in [-0.15, -0.1) is 0 Å². The normalized spacial score (nSPS) is 13.7. The number of aliphatic carboxylic acids is 1. The van der Waals surface area contributed by atoms with E-state index in [0.717, 1.165) is 5.56 Å². The minimum Gasteiger partial charge on any atom is -0.481 e. The van der Waals surface area contributed by atoms with Crippen LogP contribution in [0.1, 0.15) is 50.8 Å². The van der Waals surface area contributed by atoms with Crippen molar-refractivity contribution in [1.29, 1.82) is 5.26 Å². The Balaban J connectivity index is 0.000000314. The van der Waals surface area contributed by atoms with E-state index in [4.69, 9.17) is 10.8 Å². The first-order chi connectivity index (χ1) is 12.3. The van der Waals surface area contributed by atoms with Crippen LogP contribution in [0.4, 0.5) is 0 Å². The van der Waals surface area contributed by atoms with Gasteiger partial charge >= 0.3 is 5.97 Å². The lowest BCUT2D eigenvalue weighted by molar-refractivity contribution is -0.137. The molecule has 0 saturated carbocycles. The molecule has 4 heteroatoms. The van der Waals surface area contributed by atoms with Crippen LogP contribution in [0.15, 0.2) is 60.7 Å². The number of hydrogen-bond donors (Lipinski definition) is 2. The topological polar surface area (TPSA) is 87.1 Å². The van der Waals surface area contributed by atoms with Crippen molar-refractivity contribution in [3.63, 3.8) is 0 Å². The minimum absolute atomic E-state index is 0.0145. The van der Waals surface area contributed by atoms with Crippen LogP contribution in [-0.2, 0) is 10.2 Å². The summed E-state index contributed by atoms with van der Waals surface area (Å²) in [7, 11) is 0. The summed E-state index contributed by atoms with van der Waals surface area (Å²) < 4.78 is 0. The van der Waals surface area contributed by atoms with Gasteiger partial charge in [0.25, 0.3) is 0 Å². The van der Waals surface area contributed by atoms with E-state index in [0.29, 0.717) is 6.42 Å². The smallest absolute Gasteiger partial charge is 0.303 e. The zero-order valence-electron chi connectivity index (χ0n) is 15.7. The molecule has 2 unspecified atom stereocenters. The highest BCUT2D eigenvalue weighted by Gasteiger charge is 2.36. The number of carboxylic acid groups (broad SMARTS) is 1. The fourth-order valence-electron chi connectivity index (χ4n) is 2.81. The summed E-state index contributed by atoms with van der Waals surface area (Å²) in [5, 5.41) is 18.3. The van der Waals surface area contributed by atoms with Gasteiger partial charge in [0.15, 0.2) is 0 Å². The summed E-state index contributed by atoms with van der Waals surface area (Å²) >= 11 is 0. The van der Waals surface area contributed by atoms with Crippen LogP contribution < -0.4 is 5.73 Å². The summed E-state index contributed by atoms with van der Waals surface area (Å²) in [4.78, 5) is 10.7. The number of hydrogen-bond acceptors (Lipinski definition) is 3. The molecule has 2 rings (SSSR count). The average Bonchev–Trinajstić information content (AvgIpc) is 2.64. The Bertz CT molecular complexity index is 706. The number of carbonyl (C=O) groups is 1. The molecule has 0 aliphatic heterocycles. The van der Waals surface area contributed by atoms with E-state index in [1.54, 1.807) is 0 Å². The van der Waals surface area contributed by atoms with Crippen LogP contribution >= 0.6 is 0 Å². The molecule has 0 aliphatic rings. The average molecular weight is 352 g/mol. The Morgan fingerprint density at radius 2 is 1.58 bits per heavy atom. The largest absolute Gasteiger partial charge is 0.481 e. The van der Waals surface area contributed by atoms with Crippen molar-refractivity contribution in [2.45, 2.75) is 45.1 Å². The van der Waals surface area contributed by atoms with Gasteiger partial charge < -0.3 is 10.8 Å². The number of nitriles is 1. The number of rotatable bonds is 6. The molecule has 0 aromatic heterocycles. The van der Waals surface area contributed by atoms with Crippen molar-refractivity contribution < 1.29 is 9.90 Å². The van der Waals surface area contributed by atoms with Gasteiger partial charge in [0, 0.05) is 12.5 Å². The maximum atomic E-state index is 10.7. The number of carboxylic acids is 1. The zero-order chi connectivity index (χ0) is 19.6. The van der Waals surface area contributed by atoms with Gasteiger partial charge in [0.1, 0.15) is 0 Å². The SMILES string of the molecule is CC(C)C(C#N)(CCC(=O)O)c1ccccc1.CC(N)c1ccccc1. The summed E-state index contributed by atoms with van der Waals surface area (Å²) in [5.41, 5.74) is 7.00. The molecule has 26 heavy (non-hydrogen) atoms. The number of benzene rings is 2. The monoisotopic (exact) mass is 352 g/mol. The first-order valence-electron chi connectivity index (χ1n) is 8.82. The highest BCUT2D eigenvalue weighted by molar-refractivity contribution is 5.67. The third-order valence-electron chi connectivity index (χ3n) is 4.53. The molecular weight excluding hydrogens is 324 g/mol. The zero-order valence-corrected chi connectivity index (χ0v) is 15.7. The molecule has 2 aromatic carbocycles. The fourth-order valence-corrected chi connectivity index (χ4v) is 2.81. The predicted octanol–water partition coefficient (Wildman–Crippen LogP) is 4.68. The van der Waals surface area contributed by atoms with E-state index in [9.17, 15) is 10.1 Å². The maximum Gasteiger partial charge on any atom is 0.303 e. The predicted molar refractivity (Wildman–Crippen MR) is 104 cm³/mol. The van der Waals surface area contributed by atoms with Crippen molar-refractivity contribution in [3.8, 4) is 6.07 Å². The molecule has 138 valence electrons. The standard InChI is InChI=1S/C14H17NO2.C8H11N/c1-11(2)14(10-15,9-8-13(16)17)12-6-4-3-5-7-12;1-7(9)8-5-3-2-4-6-8/h3-7,11H,8-9H2,1-2H3,(H,16,17);2-7H,9H2,1H3. The highest BCUT2D eigenvalue weighted by atomic mass is 16.4. The van der Waals surface area contributed by atoms with E-state index in [-0.39, 0.29) is 18.4 Å². The summed E-state index contributed by atoms with van der Waals surface area (Å²) in [5.74, 6) is -0.782. The van der Waals surface area contributed by atoms with Gasteiger partial charge in [-0.3, -0.25) is 4.79 Å². The van der Waals surface area contributed by atoms with E-state index in [1.165, 1.54) is 5.56 Å². The Morgan fingerprint density at radius 1 is 1.08 bits per heavy atom. The molecule has 3 N–H and O–H groups in total. The maximum absolute atomic E-state index is 10.7. The van der Waals surface area contributed by atoms with E-state index in [2.05, 4.69) is 6.07 Å². The molecule has 0 bridgehead atoms. The molecule has 0 fully saturated rings. The third kappa shape index (κ3) is 6.02. The van der Waals surface area contributed by atoms with Gasteiger partial charge in [-0.25, -0.2) is 0 Å². The van der Waals surface area contributed by atoms with Crippen molar-refractivity contribution >= 4 is 5.97 Å². The Kier molecular flexibility index (Phi) is 8.54. The van der Waals surface area contributed by atoms with Crippen LogP contribution in [0.2, 0.25) is 0 Å². The highest BCUT2D eigenvalue weighted by Crippen LogP contribution is 2.36. The fraction of sp³-hybridized carbons (Fsp3) is 0.364. The lowest BCUT2D eigenvalue weighted by atomic mass is 9.70. The van der Waals surface area contributed by atoms with Gasteiger partial charge in [0.05, 0.1) is 11.5 Å². The quantitative estimate of drug-likeness (QED) is 0.790. The molecular formula is C22H28N2O2. The van der Waals surface area contributed by atoms with Crippen LogP contribution in [0.3, 0.4) is 0 Å². The van der Waals surface area contributed by atoms with Crippen LogP contribution in [0.25, 0.3) is 0 Å². The molecule has 0 heterocycles. The summed E-state index contributed by atoms with van der Waals surface area (Å²) in [6.07, 6.45) is 0.362. The van der Waals surface area contributed by atoms with Gasteiger partial charge in [-0.2, -0.15) is 5.26 Å². The number of nitrogens with two attached hydrogens (primary N) is 1. The lowest BCUT2D eigenvalue weighted by Crippen LogP contribution is -2.31. The van der Waals surface area contributed by atoms with Gasteiger partial charge in [-0.05, 0) is 30.4 Å². The van der Waals surface area contributed by atoms with Gasteiger partial charge in [-0.1, -0.05) is 74.5 Å². The molecule has 2 aromatic rings. The van der Waals surface area contributed by atoms with Crippen molar-refractivity contribution in [1.82, 2.24) is 0 Å². The summed E-state index contributed by atoms with van der Waals surface area (Å²) in [6, 6.07) is 22.0.